The maximum atomic E-state index is 13.1. The molecule has 30 heavy (non-hydrogen) atoms. The Kier molecular flexibility index (Phi) is 5.88. The van der Waals surface area contributed by atoms with Gasteiger partial charge in [0, 0.05) is 11.1 Å². The smallest absolute Gasteiger partial charge is 0.418 e. The van der Waals surface area contributed by atoms with Crippen LogP contribution in [0.3, 0.4) is 0 Å². The van der Waals surface area contributed by atoms with Gasteiger partial charge in [0.05, 0.1) is 30.3 Å². The zero-order valence-electron chi connectivity index (χ0n) is 15.6. The molecule has 0 aliphatic rings. The highest BCUT2D eigenvalue weighted by molar-refractivity contribution is 6.10. The molecule has 6 nitrogen and oxygen atoms in total. The number of aromatic amines is 1. The molecule has 0 aliphatic carbocycles. The van der Waals surface area contributed by atoms with Crippen LogP contribution in [0.4, 0.5) is 18.9 Å². The van der Waals surface area contributed by atoms with Gasteiger partial charge < -0.3 is 10.1 Å². The average Bonchev–Trinajstić information content (AvgIpc) is 3.19. The van der Waals surface area contributed by atoms with E-state index in [0.717, 1.165) is 17.7 Å². The fraction of sp³-hybridized carbons (Fsp3) is 0.0952. The first-order chi connectivity index (χ1) is 14.3. The van der Waals surface area contributed by atoms with E-state index in [1.807, 2.05) is 0 Å². The highest BCUT2D eigenvalue weighted by atomic mass is 19.4. The first-order valence-electron chi connectivity index (χ1n) is 8.60. The van der Waals surface area contributed by atoms with E-state index < -0.39 is 23.3 Å². The van der Waals surface area contributed by atoms with Crippen LogP contribution in [0.25, 0.3) is 17.3 Å². The van der Waals surface area contributed by atoms with Gasteiger partial charge in [-0.2, -0.15) is 23.5 Å². The van der Waals surface area contributed by atoms with E-state index in [2.05, 4.69) is 15.5 Å². The number of nitrogens with one attached hydrogen (secondary N) is 2. The van der Waals surface area contributed by atoms with Crippen LogP contribution in [0.2, 0.25) is 0 Å². The Balaban J connectivity index is 1.90. The highest BCUT2D eigenvalue weighted by Crippen LogP contribution is 2.34. The number of carbonyl (C=O) groups is 1. The summed E-state index contributed by atoms with van der Waals surface area (Å²) in [6.07, 6.45) is -1.98. The summed E-state index contributed by atoms with van der Waals surface area (Å²) in [5, 5.41) is 18.3. The summed E-state index contributed by atoms with van der Waals surface area (Å²) in [7, 11) is 1.54. The third-order valence-electron chi connectivity index (χ3n) is 4.19. The summed E-state index contributed by atoms with van der Waals surface area (Å²) in [4.78, 5) is 12.5. The van der Waals surface area contributed by atoms with Gasteiger partial charge >= 0.3 is 6.18 Å². The number of hydrogen-bond donors (Lipinski definition) is 2. The molecule has 3 aromatic rings. The van der Waals surface area contributed by atoms with Crippen molar-refractivity contribution >= 4 is 17.7 Å². The van der Waals surface area contributed by atoms with Gasteiger partial charge in [-0.15, -0.1) is 0 Å². The van der Waals surface area contributed by atoms with Gasteiger partial charge in [-0.05, 0) is 42.5 Å². The second kappa shape index (κ2) is 8.53. The van der Waals surface area contributed by atoms with Gasteiger partial charge in [0.25, 0.3) is 5.91 Å². The third kappa shape index (κ3) is 4.50. The second-order valence-electron chi connectivity index (χ2n) is 6.10. The van der Waals surface area contributed by atoms with Crippen LogP contribution in [-0.2, 0) is 11.0 Å². The molecule has 1 heterocycles. The van der Waals surface area contributed by atoms with Crippen molar-refractivity contribution in [3.63, 3.8) is 0 Å². The Labute approximate surface area is 169 Å². The predicted molar refractivity (Wildman–Crippen MR) is 104 cm³/mol. The van der Waals surface area contributed by atoms with Crippen LogP contribution in [-0.4, -0.2) is 23.2 Å². The Morgan fingerprint density at radius 2 is 1.90 bits per heavy atom. The van der Waals surface area contributed by atoms with Crippen molar-refractivity contribution < 1.29 is 22.7 Å². The number of aromatic nitrogens is 2. The minimum Gasteiger partial charge on any atom is -0.497 e. The van der Waals surface area contributed by atoms with Crippen molar-refractivity contribution in [3.05, 3.63) is 71.4 Å². The quantitative estimate of drug-likeness (QED) is 0.471. The van der Waals surface area contributed by atoms with Crippen molar-refractivity contribution in [1.82, 2.24) is 10.2 Å². The second-order valence-corrected chi connectivity index (χ2v) is 6.10. The monoisotopic (exact) mass is 412 g/mol. The van der Waals surface area contributed by atoms with Crippen LogP contribution < -0.4 is 10.1 Å². The first kappa shape index (κ1) is 20.7. The summed E-state index contributed by atoms with van der Waals surface area (Å²) < 4.78 is 44.5. The molecule has 1 amide bonds. The van der Waals surface area contributed by atoms with E-state index in [4.69, 9.17) is 4.74 Å². The first-order valence-corrected chi connectivity index (χ1v) is 8.60. The zero-order valence-corrected chi connectivity index (χ0v) is 15.6. The lowest BCUT2D eigenvalue weighted by Crippen LogP contribution is -2.17. The topological polar surface area (TPSA) is 90.8 Å². The lowest BCUT2D eigenvalue weighted by Gasteiger charge is -2.13. The van der Waals surface area contributed by atoms with Gasteiger partial charge in [0.15, 0.2) is 0 Å². The van der Waals surface area contributed by atoms with E-state index >= 15 is 0 Å². The van der Waals surface area contributed by atoms with Crippen LogP contribution in [0, 0.1) is 11.3 Å². The molecule has 2 aromatic carbocycles. The number of para-hydroxylation sites is 1. The van der Waals surface area contributed by atoms with E-state index in [-0.39, 0.29) is 5.57 Å². The van der Waals surface area contributed by atoms with Crippen molar-refractivity contribution in [2.45, 2.75) is 6.18 Å². The maximum absolute atomic E-state index is 13.1. The standard InChI is InChI=1S/C21H15F3N4O2/c1-30-16-8-6-13(7-9-16)19-15(12-26-28-19)10-14(11-25)20(29)27-18-5-3-2-4-17(18)21(22,23)24/h2-10,12H,1H3,(H,26,28)(H,27,29)/b14-10-. The molecule has 152 valence electrons. The van der Waals surface area contributed by atoms with Crippen LogP contribution in [0.1, 0.15) is 11.1 Å². The lowest BCUT2D eigenvalue weighted by atomic mass is 10.1. The number of nitrogens with zero attached hydrogens (tertiary/aromatic N) is 2. The number of methoxy groups -OCH3 is 1. The molecule has 0 fully saturated rings. The molecule has 0 radical (unpaired) electrons. The molecule has 9 heteroatoms. The number of rotatable bonds is 5. The van der Waals surface area contributed by atoms with Gasteiger partial charge in [-0.3, -0.25) is 9.89 Å². The summed E-state index contributed by atoms with van der Waals surface area (Å²) in [6.45, 7) is 0. The number of hydrogen-bond acceptors (Lipinski definition) is 4. The summed E-state index contributed by atoms with van der Waals surface area (Å²) in [5.74, 6) is -0.313. The maximum Gasteiger partial charge on any atom is 0.418 e. The van der Waals surface area contributed by atoms with Gasteiger partial charge in [0.1, 0.15) is 17.4 Å². The fourth-order valence-electron chi connectivity index (χ4n) is 2.73. The number of ether oxygens (including phenoxy) is 1. The number of alkyl halides is 3. The third-order valence-corrected chi connectivity index (χ3v) is 4.19. The van der Waals surface area contributed by atoms with E-state index in [9.17, 15) is 23.2 Å². The lowest BCUT2D eigenvalue weighted by molar-refractivity contribution is -0.137. The molecule has 0 saturated carbocycles. The number of halogens is 3. The van der Waals surface area contributed by atoms with Crippen molar-refractivity contribution in [2.24, 2.45) is 0 Å². The zero-order chi connectivity index (χ0) is 21.7. The Bertz CT molecular complexity index is 1130. The number of amides is 1. The van der Waals surface area contributed by atoms with Gasteiger partial charge in [-0.25, -0.2) is 0 Å². The minimum absolute atomic E-state index is 0.372. The molecule has 0 bridgehead atoms. The van der Waals surface area contributed by atoms with Crippen molar-refractivity contribution in [3.8, 4) is 23.1 Å². The van der Waals surface area contributed by atoms with Crippen molar-refractivity contribution in [1.29, 1.82) is 5.26 Å². The molecule has 1 aromatic heterocycles. The molecule has 2 N–H and O–H groups in total. The van der Waals surface area contributed by atoms with Crippen LogP contribution in [0.15, 0.2) is 60.3 Å². The van der Waals surface area contributed by atoms with E-state index in [0.29, 0.717) is 17.0 Å². The van der Waals surface area contributed by atoms with E-state index in [1.54, 1.807) is 30.3 Å². The molecule has 3 rings (SSSR count). The molecule has 0 aliphatic heterocycles. The average molecular weight is 412 g/mol. The summed E-state index contributed by atoms with van der Waals surface area (Å²) >= 11 is 0. The Morgan fingerprint density at radius 3 is 2.53 bits per heavy atom. The van der Waals surface area contributed by atoms with E-state index in [1.165, 1.54) is 31.5 Å². The Morgan fingerprint density at radius 1 is 1.20 bits per heavy atom. The number of anilines is 1. The summed E-state index contributed by atoms with van der Waals surface area (Å²) in [6, 6.07) is 13.2. The molecular weight excluding hydrogens is 397 g/mol. The fourth-order valence-corrected chi connectivity index (χ4v) is 2.73. The number of H-pyrrole nitrogens is 1. The van der Waals surface area contributed by atoms with Crippen LogP contribution >= 0.6 is 0 Å². The molecule has 0 saturated heterocycles. The SMILES string of the molecule is COc1ccc(-c2[nH]ncc2/C=C(/C#N)C(=O)Nc2ccccc2C(F)(F)F)cc1. The van der Waals surface area contributed by atoms with Crippen molar-refractivity contribution in [2.75, 3.05) is 12.4 Å². The molecule has 0 spiro atoms. The normalized spacial score (nSPS) is 11.6. The number of nitriles is 1. The molecular formula is C21H15F3N4O2. The Hall–Kier alpha value is -4.06. The van der Waals surface area contributed by atoms with Gasteiger partial charge in [0.2, 0.25) is 0 Å². The minimum atomic E-state index is -4.65. The summed E-state index contributed by atoms with van der Waals surface area (Å²) in [5.41, 5.74) is -0.121. The predicted octanol–water partition coefficient (Wildman–Crippen LogP) is 4.65. The van der Waals surface area contributed by atoms with Gasteiger partial charge in [-0.1, -0.05) is 12.1 Å². The molecule has 0 unspecified atom stereocenters. The van der Waals surface area contributed by atoms with Crippen LogP contribution in [0.5, 0.6) is 5.75 Å². The number of benzene rings is 2. The highest BCUT2D eigenvalue weighted by Gasteiger charge is 2.33. The number of carbonyl (C=O) groups excluding carboxylic acids is 1. The molecule has 0 atom stereocenters. The largest absolute Gasteiger partial charge is 0.497 e.